The van der Waals surface area contributed by atoms with Gasteiger partial charge in [-0.05, 0) is 67.2 Å². The first-order valence-corrected chi connectivity index (χ1v) is 20.9. The minimum Gasteiger partial charge on any atom is -0.481 e. The summed E-state index contributed by atoms with van der Waals surface area (Å²) in [5, 5.41) is 12.7. The van der Waals surface area contributed by atoms with E-state index in [1.54, 1.807) is 49.4 Å². The number of fused-ring (bicyclic) bond motifs is 2. The summed E-state index contributed by atoms with van der Waals surface area (Å²) in [4.78, 5) is 47.0. The lowest BCUT2D eigenvalue weighted by Gasteiger charge is -2.34. The van der Waals surface area contributed by atoms with Crippen LogP contribution in [0.2, 0.25) is 0 Å². The number of rotatable bonds is 5. The number of methoxy groups -OCH3 is 1. The Morgan fingerprint density at radius 1 is 0.737 bits per heavy atom. The number of piperidine rings is 2. The van der Waals surface area contributed by atoms with Crippen LogP contribution >= 0.6 is 22.7 Å². The summed E-state index contributed by atoms with van der Waals surface area (Å²) in [6, 6.07) is 3.77. The van der Waals surface area contributed by atoms with Crippen molar-refractivity contribution in [3.05, 3.63) is 57.7 Å². The van der Waals surface area contributed by atoms with Crippen LogP contribution in [0.15, 0.2) is 46.3 Å². The number of amides is 2. The van der Waals surface area contributed by atoms with Crippen LogP contribution in [0.5, 0.6) is 5.88 Å². The van der Waals surface area contributed by atoms with Crippen molar-refractivity contribution >= 4 is 52.0 Å². The van der Waals surface area contributed by atoms with Crippen molar-refractivity contribution < 1.29 is 23.8 Å². The number of nitrogens with two attached hydrogens (primary N) is 1. The number of carbonyl (C=O) groups is 2. The molecule has 2 aliphatic heterocycles. The summed E-state index contributed by atoms with van der Waals surface area (Å²) in [5.74, 6) is 1.34. The van der Waals surface area contributed by atoms with Crippen LogP contribution < -0.4 is 10.5 Å². The monoisotopic (exact) mass is 815 g/mol. The van der Waals surface area contributed by atoms with Gasteiger partial charge in [-0.25, -0.2) is 29.5 Å². The van der Waals surface area contributed by atoms with E-state index in [1.165, 1.54) is 22.7 Å². The van der Waals surface area contributed by atoms with Crippen LogP contribution in [0.4, 0.5) is 15.4 Å². The van der Waals surface area contributed by atoms with E-state index in [9.17, 15) is 9.59 Å². The lowest BCUT2D eigenvalue weighted by molar-refractivity contribution is 0.0187. The maximum absolute atomic E-state index is 12.5. The summed E-state index contributed by atoms with van der Waals surface area (Å²) in [5.41, 5.74) is 15.4. The average Bonchev–Trinajstić information content (AvgIpc) is 4.01. The zero-order valence-corrected chi connectivity index (χ0v) is 35.0. The Bertz CT molecular complexity index is 2330. The van der Waals surface area contributed by atoms with Crippen molar-refractivity contribution in [2.24, 2.45) is 0 Å². The van der Waals surface area contributed by atoms with Gasteiger partial charge in [0.15, 0.2) is 11.3 Å². The van der Waals surface area contributed by atoms with Gasteiger partial charge in [0.25, 0.3) is 0 Å². The molecular weight excluding hydrogens is 767 g/mol. The fourth-order valence-electron chi connectivity index (χ4n) is 7.00. The van der Waals surface area contributed by atoms with E-state index < -0.39 is 11.2 Å². The van der Waals surface area contributed by atoms with E-state index in [0.29, 0.717) is 49.2 Å². The van der Waals surface area contributed by atoms with E-state index >= 15 is 0 Å². The number of anilines is 1. The molecule has 8 rings (SSSR count). The molecule has 0 aromatic carbocycles. The van der Waals surface area contributed by atoms with Crippen molar-refractivity contribution in [1.29, 1.82) is 0 Å². The van der Waals surface area contributed by atoms with Crippen LogP contribution in [0.3, 0.4) is 0 Å². The molecule has 0 radical (unpaired) electrons. The summed E-state index contributed by atoms with van der Waals surface area (Å²) >= 11 is 3.06. The van der Waals surface area contributed by atoms with E-state index in [0.717, 1.165) is 59.6 Å². The molecule has 0 aliphatic carbocycles. The predicted molar refractivity (Wildman–Crippen MR) is 219 cm³/mol. The maximum atomic E-state index is 12.5. The molecule has 2 unspecified atom stereocenters. The van der Waals surface area contributed by atoms with Gasteiger partial charge in [0, 0.05) is 60.9 Å². The summed E-state index contributed by atoms with van der Waals surface area (Å²) < 4.78 is 20.0. The van der Waals surface area contributed by atoms with E-state index in [-0.39, 0.29) is 24.0 Å². The Morgan fingerprint density at radius 3 is 1.67 bits per heavy atom. The third-order valence-corrected chi connectivity index (χ3v) is 10.8. The Morgan fingerprint density at radius 2 is 1.21 bits per heavy atom. The Hall–Kier alpha value is -5.36. The molecular formula is C39H49N11O5S2. The largest absolute Gasteiger partial charge is 0.481 e. The van der Waals surface area contributed by atoms with Crippen LogP contribution in [0.1, 0.15) is 90.4 Å². The molecule has 8 heterocycles. The molecule has 0 spiro atoms. The SMILES string of the molecule is CC(C)(C)OC(=O)N1CCCC(c2cc(N)n3ncc(-c4cscn4)c3n2)C1.COc1cc(C2CCCN(C(=O)OC(C)(C)C)C2)nc2c(-c3cscn3)cnn12. The highest BCUT2D eigenvalue weighted by atomic mass is 32.1. The fourth-order valence-corrected chi connectivity index (χ4v) is 8.10. The highest BCUT2D eigenvalue weighted by Gasteiger charge is 2.31. The predicted octanol–water partition coefficient (Wildman–Crippen LogP) is 7.53. The topological polar surface area (TPSA) is 180 Å². The molecule has 2 saturated heterocycles. The van der Waals surface area contributed by atoms with Gasteiger partial charge in [0.05, 0.1) is 64.4 Å². The molecule has 2 atom stereocenters. The van der Waals surface area contributed by atoms with Crippen LogP contribution in [-0.4, -0.2) is 106 Å². The zero-order chi connectivity index (χ0) is 40.5. The minimum absolute atomic E-state index is 0.103. The van der Waals surface area contributed by atoms with Gasteiger partial charge in [-0.1, -0.05) is 0 Å². The number of nitrogen functional groups attached to an aromatic ring is 1. The lowest BCUT2D eigenvalue weighted by atomic mass is 9.94. The fraction of sp³-hybridized carbons (Fsp3) is 0.487. The number of carbonyl (C=O) groups excluding carboxylic acids is 2. The zero-order valence-electron chi connectivity index (χ0n) is 33.3. The number of hydrogen-bond acceptors (Lipinski definition) is 14. The smallest absolute Gasteiger partial charge is 0.410 e. The van der Waals surface area contributed by atoms with Crippen molar-refractivity contribution in [3.8, 4) is 28.4 Å². The Labute approximate surface area is 339 Å². The molecule has 2 fully saturated rings. The second-order valence-corrected chi connectivity index (χ2v) is 17.6. The molecule has 57 heavy (non-hydrogen) atoms. The molecule has 2 amide bonds. The van der Waals surface area contributed by atoms with Gasteiger partial charge in [0.2, 0.25) is 5.88 Å². The molecule has 0 bridgehead atoms. The molecule has 0 saturated carbocycles. The van der Waals surface area contributed by atoms with E-state index in [1.807, 2.05) is 64.4 Å². The first-order valence-electron chi connectivity index (χ1n) is 19.0. The van der Waals surface area contributed by atoms with Crippen molar-refractivity contribution in [2.75, 3.05) is 39.0 Å². The molecule has 18 heteroatoms. The number of hydrogen-bond donors (Lipinski definition) is 1. The average molecular weight is 816 g/mol. The Kier molecular flexibility index (Phi) is 11.4. The standard InChI is InChI=1S/C20H25N5O3S.C19H24N6O2S/c1-20(2,3)28-19(26)24-7-5-6-13(10-24)15-8-17(27-4)25-18(23-15)14(9-22-25)16-11-29-12-21-16;1-19(2,3)27-18(26)24-6-4-5-12(9-24)14-7-16(20)25-17(23-14)13(8-22-25)15-10-28-11-21-15/h8-9,11-13H,5-7,10H2,1-4H3;7-8,10-12H,4-6,9,20H2,1-3H3. The van der Waals surface area contributed by atoms with Gasteiger partial charge in [0.1, 0.15) is 17.0 Å². The highest BCUT2D eigenvalue weighted by molar-refractivity contribution is 7.08. The summed E-state index contributed by atoms with van der Waals surface area (Å²) in [7, 11) is 1.62. The normalized spacial score (nSPS) is 17.7. The van der Waals surface area contributed by atoms with Crippen molar-refractivity contribution in [1.82, 2.24) is 49.0 Å². The number of nitrogens with zero attached hydrogens (tertiary/aromatic N) is 10. The van der Waals surface area contributed by atoms with Crippen molar-refractivity contribution in [2.45, 2.75) is 90.3 Å². The molecule has 2 N–H and O–H groups in total. The third-order valence-electron chi connectivity index (χ3n) is 9.59. The Balaban J connectivity index is 0.000000174. The van der Waals surface area contributed by atoms with Gasteiger partial charge < -0.3 is 29.7 Å². The molecule has 16 nitrogen and oxygen atoms in total. The van der Waals surface area contributed by atoms with Crippen LogP contribution in [-0.2, 0) is 9.47 Å². The number of thiazole rings is 2. The number of ether oxygens (including phenoxy) is 3. The second kappa shape index (κ2) is 16.2. The molecule has 6 aromatic rings. The number of likely N-dealkylation sites (tertiary alicyclic amines) is 2. The van der Waals surface area contributed by atoms with E-state index in [2.05, 4.69) is 20.2 Å². The molecule has 302 valence electrons. The lowest BCUT2D eigenvalue weighted by Crippen LogP contribution is -2.42. The van der Waals surface area contributed by atoms with Crippen LogP contribution in [0.25, 0.3) is 33.8 Å². The molecule has 2 aliphatic rings. The third kappa shape index (κ3) is 9.12. The highest BCUT2D eigenvalue weighted by Crippen LogP contribution is 2.33. The first-order chi connectivity index (χ1) is 27.2. The van der Waals surface area contributed by atoms with Gasteiger partial charge in [-0.2, -0.15) is 19.2 Å². The summed E-state index contributed by atoms with van der Waals surface area (Å²) in [6.45, 7) is 13.8. The molecule has 6 aromatic heterocycles. The second-order valence-electron chi connectivity index (χ2n) is 16.2. The van der Waals surface area contributed by atoms with Gasteiger partial charge >= 0.3 is 12.2 Å². The maximum Gasteiger partial charge on any atom is 0.410 e. The van der Waals surface area contributed by atoms with Crippen molar-refractivity contribution in [3.63, 3.8) is 0 Å². The number of aromatic nitrogens is 8. The minimum atomic E-state index is -0.509. The van der Waals surface area contributed by atoms with Gasteiger partial charge in [-0.3, -0.25) is 0 Å². The first kappa shape index (κ1) is 39.9. The quantitative estimate of drug-likeness (QED) is 0.181. The summed E-state index contributed by atoms with van der Waals surface area (Å²) in [6.07, 6.45) is 6.64. The van der Waals surface area contributed by atoms with Gasteiger partial charge in [-0.15, -0.1) is 22.7 Å². The van der Waals surface area contributed by atoms with E-state index in [4.69, 9.17) is 29.9 Å². The van der Waals surface area contributed by atoms with Crippen LogP contribution in [0, 0.1) is 0 Å².